The van der Waals surface area contributed by atoms with Crippen molar-refractivity contribution in [2.75, 3.05) is 7.11 Å². The quantitative estimate of drug-likeness (QED) is 0.475. The number of ether oxygens (including phenoxy) is 1. The number of carbonyl (C=O) groups is 2. The lowest BCUT2D eigenvalue weighted by molar-refractivity contribution is 0.0602. The summed E-state index contributed by atoms with van der Waals surface area (Å²) in [5.74, 6) is -0.113. The molecule has 0 radical (unpaired) electrons. The summed E-state index contributed by atoms with van der Waals surface area (Å²) in [5, 5.41) is 0. The minimum absolute atomic E-state index is 0.00588. The highest BCUT2D eigenvalue weighted by Crippen LogP contribution is 2.35. The number of hydrogen-bond acceptors (Lipinski definition) is 3. The Balaban J connectivity index is 2.09. The molecule has 0 saturated heterocycles. The van der Waals surface area contributed by atoms with Crippen LogP contribution in [0.2, 0.25) is 0 Å². The molecule has 1 aromatic carbocycles. The van der Waals surface area contributed by atoms with Crippen molar-refractivity contribution in [1.29, 1.82) is 0 Å². The molecule has 1 aromatic rings. The number of hydrogen-bond donors (Lipinski definition) is 0. The number of rotatable bonds is 5. The smallest absolute Gasteiger partial charge is 0.338 e. The summed E-state index contributed by atoms with van der Waals surface area (Å²) in [6, 6.07) is 19.2. The maximum Gasteiger partial charge on any atom is 0.338 e. The van der Waals surface area contributed by atoms with Crippen molar-refractivity contribution < 1.29 is 14.3 Å². The number of carbonyl (C=O) groups excluding carboxylic acids is 2. The van der Waals surface area contributed by atoms with Gasteiger partial charge in [0.15, 0.2) is 5.78 Å². The first kappa shape index (κ1) is 17.9. The van der Waals surface area contributed by atoms with Crippen LogP contribution in [0.4, 0.5) is 0 Å². The van der Waals surface area contributed by atoms with E-state index >= 15 is 0 Å². The van der Waals surface area contributed by atoms with Crippen LogP contribution in [-0.2, 0) is 11.2 Å². The van der Waals surface area contributed by atoms with Gasteiger partial charge in [0.1, 0.15) is 0 Å². The molecule has 3 heteroatoms. The van der Waals surface area contributed by atoms with Gasteiger partial charge in [-0.3, -0.25) is 4.79 Å². The van der Waals surface area contributed by atoms with Crippen LogP contribution in [0.25, 0.3) is 11.1 Å². The number of methoxy groups -OCH3 is 1. The summed E-state index contributed by atoms with van der Waals surface area (Å²) in [7, 11) is 1.36. The molecule has 0 spiro atoms. The summed E-state index contributed by atoms with van der Waals surface area (Å²) in [4.78, 5) is 25.2. The van der Waals surface area contributed by atoms with Crippen molar-refractivity contribution in [3.05, 3.63) is 82.9 Å². The van der Waals surface area contributed by atoms with Crippen LogP contribution in [0.1, 0.15) is 51.6 Å². The Morgan fingerprint density at radius 2 is 1.62 bits per heavy atom. The maximum atomic E-state index is 12.9. The Labute approximate surface area is 154 Å². The fourth-order valence-electron chi connectivity index (χ4n) is 3.14. The third-order valence-electron chi connectivity index (χ3n) is 4.60. The van der Waals surface area contributed by atoms with E-state index in [1.807, 2.05) is 54.6 Å². The van der Waals surface area contributed by atoms with Crippen molar-refractivity contribution in [2.45, 2.75) is 26.2 Å². The molecule has 26 heavy (non-hydrogen) atoms. The molecule has 0 atom stereocenters. The average Bonchev–Trinajstić information content (AvgIpc) is 2.84. The molecule has 0 unspecified atom stereocenters. The van der Waals surface area contributed by atoms with E-state index in [0.29, 0.717) is 23.5 Å². The molecule has 3 rings (SSSR count). The Morgan fingerprint density at radius 1 is 0.885 bits per heavy atom. The zero-order valence-electron chi connectivity index (χ0n) is 15.3. The third-order valence-corrected chi connectivity index (χ3v) is 4.60. The lowest BCUT2D eigenvalue weighted by Gasteiger charge is -2.05. The van der Waals surface area contributed by atoms with Gasteiger partial charge in [0, 0.05) is 12.0 Å². The van der Waals surface area contributed by atoms with Gasteiger partial charge in [-0.15, -0.1) is 0 Å². The molecule has 0 saturated carbocycles. The van der Waals surface area contributed by atoms with Gasteiger partial charge in [0.05, 0.1) is 12.7 Å². The molecule has 0 aliphatic heterocycles. The number of esters is 1. The normalized spacial score (nSPS) is 10.9. The van der Waals surface area contributed by atoms with Crippen molar-refractivity contribution in [1.82, 2.24) is 0 Å². The molecule has 0 bridgehead atoms. The predicted molar refractivity (Wildman–Crippen MR) is 103 cm³/mol. The number of benzene rings is 1. The largest absolute Gasteiger partial charge is 0.465 e. The standard InChI is InChI=1S/C23H22O3/c1-15(2)17-10-7-11-18-19(13-17)21(23(25)26-3)14-20(18)22(24)12-16-8-5-4-6-9-16/h4-11,13-15H,12H2,1-3H3. The van der Waals surface area contributed by atoms with Gasteiger partial charge < -0.3 is 4.74 Å². The van der Waals surface area contributed by atoms with Crippen LogP contribution < -0.4 is 0 Å². The van der Waals surface area contributed by atoms with Crippen LogP contribution in [-0.4, -0.2) is 18.9 Å². The minimum Gasteiger partial charge on any atom is -0.465 e. The van der Waals surface area contributed by atoms with E-state index in [4.69, 9.17) is 4.74 Å². The van der Waals surface area contributed by atoms with Gasteiger partial charge in [-0.1, -0.05) is 68.4 Å². The highest BCUT2D eigenvalue weighted by Gasteiger charge is 2.24. The van der Waals surface area contributed by atoms with Crippen molar-refractivity contribution in [3.8, 4) is 11.1 Å². The van der Waals surface area contributed by atoms with Gasteiger partial charge >= 0.3 is 5.97 Å². The molecule has 0 fully saturated rings. The van der Waals surface area contributed by atoms with Gasteiger partial charge in [-0.25, -0.2) is 4.79 Å². The van der Waals surface area contributed by atoms with E-state index in [9.17, 15) is 9.59 Å². The molecule has 2 aliphatic rings. The highest BCUT2D eigenvalue weighted by atomic mass is 16.5. The van der Waals surface area contributed by atoms with Gasteiger partial charge in [-0.05, 0) is 34.2 Å². The summed E-state index contributed by atoms with van der Waals surface area (Å²) < 4.78 is 4.94. The topological polar surface area (TPSA) is 43.4 Å². The van der Waals surface area contributed by atoms with E-state index < -0.39 is 5.97 Å². The second-order valence-corrected chi connectivity index (χ2v) is 6.70. The van der Waals surface area contributed by atoms with Crippen LogP contribution in [0.15, 0.2) is 60.7 Å². The summed E-state index contributed by atoms with van der Waals surface area (Å²) in [6.07, 6.45) is 0.302. The lowest BCUT2D eigenvalue weighted by atomic mass is 9.99. The van der Waals surface area contributed by atoms with Crippen LogP contribution >= 0.6 is 0 Å². The summed E-state index contributed by atoms with van der Waals surface area (Å²) in [5.41, 5.74) is 4.62. The predicted octanol–water partition coefficient (Wildman–Crippen LogP) is 5.13. The number of ketones is 1. The molecule has 0 aromatic heterocycles. The molecular formula is C23H22O3. The Morgan fingerprint density at radius 3 is 2.27 bits per heavy atom. The minimum atomic E-state index is -0.422. The summed E-state index contributed by atoms with van der Waals surface area (Å²) in [6.45, 7) is 4.20. The number of Topliss-reactive ketones (excluding diaryl/α,β-unsaturated/α-hetero) is 1. The first-order valence-electron chi connectivity index (χ1n) is 8.73. The highest BCUT2D eigenvalue weighted by molar-refractivity contribution is 6.10. The van der Waals surface area contributed by atoms with E-state index in [1.165, 1.54) is 7.11 Å². The van der Waals surface area contributed by atoms with E-state index in [1.54, 1.807) is 6.07 Å². The Kier molecular flexibility index (Phi) is 5.17. The van der Waals surface area contributed by atoms with E-state index in [0.717, 1.165) is 22.3 Å². The second kappa shape index (κ2) is 7.52. The Bertz CT molecular complexity index is 910. The molecule has 0 amide bonds. The zero-order chi connectivity index (χ0) is 18.7. The van der Waals surface area contributed by atoms with Gasteiger partial charge in [0.25, 0.3) is 0 Å². The fraction of sp³-hybridized carbons (Fsp3) is 0.217. The van der Waals surface area contributed by atoms with Gasteiger partial charge in [0.2, 0.25) is 0 Å². The van der Waals surface area contributed by atoms with Crippen LogP contribution in [0, 0.1) is 0 Å². The summed E-state index contributed by atoms with van der Waals surface area (Å²) >= 11 is 0. The average molecular weight is 346 g/mol. The SMILES string of the molecule is COC(=O)c1cc(C(=O)Cc2ccccc2)c2cccc(C(C)C)cc1-2. The van der Waals surface area contributed by atoms with Crippen molar-refractivity contribution in [3.63, 3.8) is 0 Å². The molecule has 3 nitrogen and oxygen atoms in total. The molecule has 0 heterocycles. The molecular weight excluding hydrogens is 324 g/mol. The molecule has 0 N–H and O–H groups in total. The van der Waals surface area contributed by atoms with Crippen LogP contribution in [0.3, 0.4) is 0 Å². The zero-order valence-corrected chi connectivity index (χ0v) is 15.3. The second-order valence-electron chi connectivity index (χ2n) is 6.70. The van der Waals surface area contributed by atoms with E-state index in [-0.39, 0.29) is 5.78 Å². The Hall–Kier alpha value is -2.94. The maximum absolute atomic E-state index is 12.9. The number of fused-ring (bicyclic) bond motifs is 1. The molecule has 132 valence electrons. The van der Waals surface area contributed by atoms with Crippen LogP contribution in [0.5, 0.6) is 0 Å². The fourth-order valence-corrected chi connectivity index (χ4v) is 3.14. The van der Waals surface area contributed by atoms with Crippen molar-refractivity contribution >= 4 is 11.8 Å². The first-order chi connectivity index (χ1) is 12.5. The van der Waals surface area contributed by atoms with E-state index in [2.05, 4.69) is 13.8 Å². The monoisotopic (exact) mass is 346 g/mol. The first-order valence-corrected chi connectivity index (χ1v) is 8.73. The lowest BCUT2D eigenvalue weighted by Crippen LogP contribution is -2.03. The van der Waals surface area contributed by atoms with Crippen molar-refractivity contribution in [2.24, 2.45) is 0 Å². The van der Waals surface area contributed by atoms with Gasteiger partial charge in [-0.2, -0.15) is 0 Å². The third kappa shape index (κ3) is 3.52. The molecule has 2 aliphatic carbocycles.